The predicted molar refractivity (Wildman–Crippen MR) is 96.5 cm³/mol. The third-order valence-corrected chi connectivity index (χ3v) is 5.27. The van der Waals surface area contributed by atoms with Crippen molar-refractivity contribution >= 4 is 5.91 Å². The number of fused-ring (bicyclic) bond motifs is 1. The highest BCUT2D eigenvalue weighted by atomic mass is 16.3. The van der Waals surface area contributed by atoms with Gasteiger partial charge in [-0.05, 0) is 50.1 Å². The Morgan fingerprint density at radius 3 is 2.60 bits per heavy atom. The number of hydrogen-bond acceptors (Lipinski definition) is 4. The lowest BCUT2D eigenvalue weighted by molar-refractivity contribution is 0.0743. The van der Waals surface area contributed by atoms with Gasteiger partial charge < -0.3 is 10.0 Å². The van der Waals surface area contributed by atoms with E-state index in [2.05, 4.69) is 9.88 Å². The number of carbonyl (C=O) groups excluding carboxylic acids is 1. The topological polar surface area (TPSA) is 56.7 Å². The first-order valence-electron chi connectivity index (χ1n) is 8.99. The van der Waals surface area contributed by atoms with E-state index < -0.39 is 0 Å². The maximum atomic E-state index is 12.9. The summed E-state index contributed by atoms with van der Waals surface area (Å²) >= 11 is 0. The first-order valence-corrected chi connectivity index (χ1v) is 8.99. The molecule has 1 N–H and O–H groups in total. The van der Waals surface area contributed by atoms with Crippen molar-refractivity contribution in [2.24, 2.45) is 0 Å². The number of pyridine rings is 1. The predicted octanol–water partition coefficient (Wildman–Crippen LogP) is 2.76. The van der Waals surface area contributed by atoms with Crippen LogP contribution in [0.2, 0.25) is 0 Å². The van der Waals surface area contributed by atoms with Crippen LogP contribution in [-0.4, -0.2) is 58.0 Å². The van der Waals surface area contributed by atoms with Crippen LogP contribution in [0.5, 0.6) is 5.75 Å². The second-order valence-corrected chi connectivity index (χ2v) is 6.92. The van der Waals surface area contributed by atoms with Crippen molar-refractivity contribution in [1.29, 1.82) is 0 Å². The molecule has 0 radical (unpaired) electrons. The maximum Gasteiger partial charge on any atom is 0.253 e. The second kappa shape index (κ2) is 6.84. The first-order chi connectivity index (χ1) is 12.2. The molecule has 2 aromatic rings. The molecule has 130 valence electrons. The van der Waals surface area contributed by atoms with E-state index in [1.165, 1.54) is 25.6 Å². The van der Waals surface area contributed by atoms with Gasteiger partial charge in [-0.15, -0.1) is 0 Å². The molecule has 2 aliphatic rings. The number of carbonyl (C=O) groups is 1. The van der Waals surface area contributed by atoms with Gasteiger partial charge in [-0.2, -0.15) is 0 Å². The highest BCUT2D eigenvalue weighted by Crippen LogP contribution is 2.23. The average molecular weight is 337 g/mol. The summed E-state index contributed by atoms with van der Waals surface area (Å²) in [6, 6.07) is 11.5. The Balaban J connectivity index is 1.49. The molecule has 1 amide bonds. The number of benzene rings is 1. The Bertz CT molecular complexity index is 743. The lowest BCUT2D eigenvalue weighted by Gasteiger charge is -2.25. The number of rotatable bonds is 2. The summed E-state index contributed by atoms with van der Waals surface area (Å²) in [5.74, 6) is 0.275. The van der Waals surface area contributed by atoms with Crippen molar-refractivity contribution in [3.05, 3.63) is 48.2 Å². The van der Waals surface area contributed by atoms with Crippen LogP contribution in [0.25, 0.3) is 11.3 Å². The van der Waals surface area contributed by atoms with E-state index in [1.807, 2.05) is 29.2 Å². The quantitative estimate of drug-likeness (QED) is 0.915. The number of aromatic nitrogens is 1. The van der Waals surface area contributed by atoms with E-state index in [-0.39, 0.29) is 11.7 Å². The summed E-state index contributed by atoms with van der Waals surface area (Å²) in [5, 5.41) is 9.34. The molecule has 0 spiro atoms. The summed E-state index contributed by atoms with van der Waals surface area (Å²) in [7, 11) is 0. The van der Waals surface area contributed by atoms with E-state index in [0.29, 0.717) is 6.04 Å². The Morgan fingerprint density at radius 2 is 1.84 bits per heavy atom. The number of nitrogens with zero attached hydrogens (tertiary/aromatic N) is 3. The smallest absolute Gasteiger partial charge is 0.253 e. The van der Waals surface area contributed by atoms with E-state index in [4.69, 9.17) is 0 Å². The summed E-state index contributed by atoms with van der Waals surface area (Å²) in [6.07, 6.45) is 4.94. The van der Waals surface area contributed by atoms with Crippen LogP contribution in [0, 0.1) is 0 Å². The Morgan fingerprint density at radius 1 is 1.04 bits per heavy atom. The molecule has 0 aliphatic carbocycles. The number of hydrogen-bond donors (Lipinski definition) is 1. The van der Waals surface area contributed by atoms with E-state index in [0.717, 1.165) is 42.9 Å². The SMILES string of the molecule is O=C(c1ccc(-c2ccc(O)cn2)cc1)N1CCCN2CCC[C@H]2C1. The Hall–Kier alpha value is -2.40. The van der Waals surface area contributed by atoms with Gasteiger partial charge in [0, 0.05) is 36.8 Å². The zero-order valence-corrected chi connectivity index (χ0v) is 14.3. The molecule has 1 aromatic carbocycles. The van der Waals surface area contributed by atoms with Gasteiger partial charge in [0.15, 0.2) is 0 Å². The Kier molecular flexibility index (Phi) is 4.40. The fraction of sp³-hybridized carbons (Fsp3) is 0.400. The molecule has 2 aliphatic heterocycles. The van der Waals surface area contributed by atoms with Gasteiger partial charge in [0.05, 0.1) is 11.9 Å². The molecule has 2 saturated heterocycles. The van der Waals surface area contributed by atoms with Crippen LogP contribution < -0.4 is 0 Å². The minimum Gasteiger partial charge on any atom is -0.506 e. The van der Waals surface area contributed by atoms with Crippen LogP contribution in [0.1, 0.15) is 29.6 Å². The fourth-order valence-corrected chi connectivity index (χ4v) is 3.91. The third kappa shape index (κ3) is 3.37. The van der Waals surface area contributed by atoms with E-state index in [1.54, 1.807) is 12.1 Å². The maximum absolute atomic E-state index is 12.9. The highest BCUT2D eigenvalue weighted by molar-refractivity contribution is 5.94. The van der Waals surface area contributed by atoms with Crippen LogP contribution in [0.15, 0.2) is 42.6 Å². The summed E-state index contributed by atoms with van der Waals surface area (Å²) in [6.45, 7) is 3.98. The molecule has 0 unspecified atom stereocenters. The molecular weight excluding hydrogens is 314 g/mol. The van der Waals surface area contributed by atoms with Crippen molar-refractivity contribution in [3.63, 3.8) is 0 Å². The third-order valence-electron chi connectivity index (χ3n) is 5.27. The average Bonchev–Trinajstić information content (AvgIpc) is 2.99. The van der Waals surface area contributed by atoms with Gasteiger partial charge in [-0.1, -0.05) is 12.1 Å². The molecule has 5 heteroatoms. The van der Waals surface area contributed by atoms with E-state index >= 15 is 0 Å². The van der Waals surface area contributed by atoms with Gasteiger partial charge in [0.1, 0.15) is 5.75 Å². The number of amides is 1. The van der Waals surface area contributed by atoms with Crippen molar-refractivity contribution in [3.8, 4) is 17.0 Å². The molecule has 0 saturated carbocycles. The van der Waals surface area contributed by atoms with Crippen LogP contribution in [0.3, 0.4) is 0 Å². The summed E-state index contributed by atoms with van der Waals surface area (Å²) in [5.41, 5.74) is 2.46. The first kappa shape index (κ1) is 16.1. The zero-order valence-electron chi connectivity index (χ0n) is 14.3. The van der Waals surface area contributed by atoms with Crippen LogP contribution in [0.4, 0.5) is 0 Å². The highest BCUT2D eigenvalue weighted by Gasteiger charge is 2.30. The second-order valence-electron chi connectivity index (χ2n) is 6.92. The summed E-state index contributed by atoms with van der Waals surface area (Å²) < 4.78 is 0. The minimum atomic E-state index is 0.124. The molecule has 1 atom stereocenters. The molecule has 25 heavy (non-hydrogen) atoms. The normalized spacial score (nSPS) is 21.0. The van der Waals surface area contributed by atoms with Crippen molar-refractivity contribution in [2.45, 2.75) is 25.3 Å². The largest absolute Gasteiger partial charge is 0.506 e. The van der Waals surface area contributed by atoms with Gasteiger partial charge >= 0.3 is 0 Å². The molecule has 0 bridgehead atoms. The lowest BCUT2D eigenvalue weighted by Crippen LogP contribution is -2.39. The minimum absolute atomic E-state index is 0.124. The monoisotopic (exact) mass is 337 g/mol. The van der Waals surface area contributed by atoms with Gasteiger partial charge in [-0.25, -0.2) is 0 Å². The molecule has 2 fully saturated rings. The van der Waals surface area contributed by atoms with Gasteiger partial charge in [-0.3, -0.25) is 14.7 Å². The summed E-state index contributed by atoms with van der Waals surface area (Å²) in [4.78, 5) is 21.7. The molecule has 3 heterocycles. The van der Waals surface area contributed by atoms with Gasteiger partial charge in [0.2, 0.25) is 0 Å². The molecule has 5 nitrogen and oxygen atoms in total. The van der Waals surface area contributed by atoms with Crippen LogP contribution in [-0.2, 0) is 0 Å². The van der Waals surface area contributed by atoms with Crippen molar-refractivity contribution in [2.75, 3.05) is 26.2 Å². The fourth-order valence-electron chi connectivity index (χ4n) is 3.91. The van der Waals surface area contributed by atoms with Crippen molar-refractivity contribution < 1.29 is 9.90 Å². The molecular formula is C20H23N3O2. The molecule has 4 rings (SSSR count). The molecule has 1 aromatic heterocycles. The standard InChI is InChI=1S/C20H23N3O2/c24-18-8-9-19(21-13-18)15-4-6-16(7-5-15)20(25)23-12-2-11-22-10-1-3-17(22)14-23/h4-9,13,17,24H,1-3,10-12,14H2/t17-/m0/s1. The van der Waals surface area contributed by atoms with Crippen molar-refractivity contribution in [1.82, 2.24) is 14.8 Å². The van der Waals surface area contributed by atoms with Crippen LogP contribution >= 0.6 is 0 Å². The lowest BCUT2D eigenvalue weighted by atomic mass is 10.1. The Labute approximate surface area is 147 Å². The zero-order chi connectivity index (χ0) is 17.2. The number of aromatic hydroxyl groups is 1. The van der Waals surface area contributed by atoms with Gasteiger partial charge in [0.25, 0.3) is 5.91 Å². The van der Waals surface area contributed by atoms with E-state index in [9.17, 15) is 9.90 Å².